The number of aliphatic hydroxyl groups excluding tert-OH is 1. The molecule has 1 saturated carbocycles. The van der Waals surface area contributed by atoms with Crippen molar-refractivity contribution < 1.29 is 13.5 Å². The van der Waals surface area contributed by atoms with Crippen molar-refractivity contribution >= 4 is 10.0 Å². The Labute approximate surface area is 123 Å². The first kappa shape index (κ1) is 16.2. The Morgan fingerprint density at radius 1 is 1.30 bits per heavy atom. The summed E-state index contributed by atoms with van der Waals surface area (Å²) in [4.78, 5) is 0. The van der Waals surface area contributed by atoms with E-state index in [0.29, 0.717) is 24.9 Å². The standard InChI is InChI=1S/C15H29NO3S/c1-15(2)8-4-7-13(15)14(17)10-12-6-5-9-16(11-12)20(3,18)19/h12-14,17H,4-11H2,1-3H3. The van der Waals surface area contributed by atoms with Crippen molar-refractivity contribution in [2.45, 2.75) is 58.5 Å². The van der Waals surface area contributed by atoms with E-state index >= 15 is 0 Å². The van der Waals surface area contributed by atoms with Crippen molar-refractivity contribution in [3.05, 3.63) is 0 Å². The van der Waals surface area contributed by atoms with Gasteiger partial charge < -0.3 is 5.11 Å². The summed E-state index contributed by atoms with van der Waals surface area (Å²) in [7, 11) is -3.08. The lowest BCUT2D eigenvalue weighted by molar-refractivity contribution is 0.0283. The highest BCUT2D eigenvalue weighted by Crippen LogP contribution is 2.45. The highest BCUT2D eigenvalue weighted by Gasteiger charge is 2.40. The van der Waals surface area contributed by atoms with Crippen molar-refractivity contribution in [2.24, 2.45) is 17.3 Å². The molecular formula is C15H29NO3S. The van der Waals surface area contributed by atoms with Gasteiger partial charge in [-0.3, -0.25) is 0 Å². The van der Waals surface area contributed by atoms with Crippen LogP contribution in [0.25, 0.3) is 0 Å². The number of piperidine rings is 1. The minimum Gasteiger partial charge on any atom is -0.393 e. The average Bonchev–Trinajstić information content (AvgIpc) is 2.68. The number of rotatable bonds is 4. The summed E-state index contributed by atoms with van der Waals surface area (Å²) in [6.07, 6.45) is 7.21. The molecule has 1 aliphatic heterocycles. The number of hydrogen-bond donors (Lipinski definition) is 1. The van der Waals surface area contributed by atoms with Gasteiger partial charge in [-0.2, -0.15) is 0 Å². The Hall–Kier alpha value is -0.130. The minimum absolute atomic E-state index is 0.227. The number of nitrogens with zero attached hydrogens (tertiary/aromatic N) is 1. The second kappa shape index (κ2) is 5.93. The average molecular weight is 303 g/mol. The van der Waals surface area contributed by atoms with Gasteiger partial charge in [0.15, 0.2) is 0 Å². The van der Waals surface area contributed by atoms with E-state index in [0.717, 1.165) is 25.7 Å². The lowest BCUT2D eigenvalue weighted by atomic mass is 9.76. The van der Waals surface area contributed by atoms with Crippen molar-refractivity contribution in [1.29, 1.82) is 0 Å². The molecule has 0 bridgehead atoms. The zero-order chi connectivity index (χ0) is 15.0. The Bertz CT molecular complexity index is 432. The van der Waals surface area contributed by atoms with Gasteiger partial charge in [-0.25, -0.2) is 12.7 Å². The summed E-state index contributed by atoms with van der Waals surface area (Å²) in [5.74, 6) is 0.681. The third-order valence-corrected chi connectivity index (χ3v) is 6.60. The molecule has 2 fully saturated rings. The molecule has 0 aromatic heterocycles. The molecule has 2 aliphatic rings. The first-order valence-electron chi connectivity index (χ1n) is 7.83. The fourth-order valence-electron chi connectivity index (χ4n) is 4.09. The molecule has 3 atom stereocenters. The van der Waals surface area contributed by atoms with Crippen LogP contribution in [0.2, 0.25) is 0 Å². The van der Waals surface area contributed by atoms with E-state index in [-0.39, 0.29) is 11.5 Å². The molecule has 0 amide bonds. The summed E-state index contributed by atoms with van der Waals surface area (Å²) < 4.78 is 24.9. The molecule has 0 aromatic carbocycles. The van der Waals surface area contributed by atoms with Crippen LogP contribution in [0.3, 0.4) is 0 Å². The van der Waals surface area contributed by atoms with Crippen LogP contribution in [0.1, 0.15) is 52.4 Å². The first-order valence-corrected chi connectivity index (χ1v) is 9.68. The summed E-state index contributed by atoms with van der Waals surface area (Å²) in [5.41, 5.74) is 0.227. The van der Waals surface area contributed by atoms with Gasteiger partial charge in [-0.15, -0.1) is 0 Å². The molecular weight excluding hydrogens is 274 g/mol. The molecule has 2 rings (SSSR count). The number of sulfonamides is 1. The monoisotopic (exact) mass is 303 g/mol. The van der Waals surface area contributed by atoms with Crippen LogP contribution in [-0.2, 0) is 10.0 Å². The molecule has 0 spiro atoms. The molecule has 1 saturated heterocycles. The number of hydrogen-bond acceptors (Lipinski definition) is 3. The van der Waals surface area contributed by atoms with E-state index in [2.05, 4.69) is 13.8 Å². The van der Waals surface area contributed by atoms with Crippen molar-refractivity contribution in [3.63, 3.8) is 0 Å². The fraction of sp³-hybridized carbons (Fsp3) is 1.00. The molecule has 0 radical (unpaired) electrons. The predicted octanol–water partition coefficient (Wildman–Crippen LogP) is 2.24. The van der Waals surface area contributed by atoms with Crippen molar-refractivity contribution in [1.82, 2.24) is 4.31 Å². The van der Waals surface area contributed by atoms with Crippen LogP contribution in [0.15, 0.2) is 0 Å². The van der Waals surface area contributed by atoms with Gasteiger partial charge in [0.1, 0.15) is 0 Å². The summed E-state index contributed by atoms with van der Waals surface area (Å²) >= 11 is 0. The third kappa shape index (κ3) is 3.74. The summed E-state index contributed by atoms with van der Waals surface area (Å²) in [6.45, 7) is 5.72. The van der Waals surface area contributed by atoms with E-state index in [4.69, 9.17) is 0 Å². The molecule has 1 N–H and O–H groups in total. The second-order valence-electron chi connectivity index (χ2n) is 7.42. The SMILES string of the molecule is CC1(C)CCCC1C(O)CC1CCCN(S(C)(=O)=O)C1. The van der Waals surface area contributed by atoms with Gasteiger partial charge in [0.25, 0.3) is 0 Å². The topological polar surface area (TPSA) is 57.6 Å². The maximum absolute atomic E-state index is 11.6. The van der Waals surface area contributed by atoms with E-state index in [1.807, 2.05) is 0 Å². The van der Waals surface area contributed by atoms with Crippen LogP contribution in [0.5, 0.6) is 0 Å². The zero-order valence-corrected chi connectivity index (χ0v) is 13.8. The van der Waals surface area contributed by atoms with E-state index in [1.54, 1.807) is 4.31 Å². The largest absolute Gasteiger partial charge is 0.393 e. The highest BCUT2D eigenvalue weighted by molar-refractivity contribution is 7.88. The summed E-state index contributed by atoms with van der Waals surface area (Å²) in [6, 6.07) is 0. The smallest absolute Gasteiger partial charge is 0.211 e. The molecule has 0 aromatic rings. The predicted molar refractivity (Wildman–Crippen MR) is 80.9 cm³/mol. The van der Waals surface area contributed by atoms with Gasteiger partial charge in [0.2, 0.25) is 10.0 Å². The van der Waals surface area contributed by atoms with Gasteiger partial charge in [0.05, 0.1) is 12.4 Å². The normalized spacial score (nSPS) is 33.2. The molecule has 3 unspecified atom stereocenters. The second-order valence-corrected chi connectivity index (χ2v) is 9.40. The fourth-order valence-corrected chi connectivity index (χ4v) is 5.04. The van der Waals surface area contributed by atoms with Gasteiger partial charge >= 0.3 is 0 Å². The number of aliphatic hydroxyl groups is 1. The Kier molecular flexibility index (Phi) is 4.82. The maximum atomic E-state index is 11.6. The summed E-state index contributed by atoms with van der Waals surface area (Å²) in [5, 5.41) is 10.6. The van der Waals surface area contributed by atoms with Crippen molar-refractivity contribution in [2.75, 3.05) is 19.3 Å². The Morgan fingerprint density at radius 2 is 2.00 bits per heavy atom. The van der Waals surface area contributed by atoms with Crippen LogP contribution < -0.4 is 0 Å². The van der Waals surface area contributed by atoms with Crippen LogP contribution in [-0.4, -0.2) is 43.3 Å². The third-order valence-electron chi connectivity index (χ3n) is 5.33. The Balaban J connectivity index is 1.93. The maximum Gasteiger partial charge on any atom is 0.211 e. The molecule has 4 nitrogen and oxygen atoms in total. The Morgan fingerprint density at radius 3 is 2.55 bits per heavy atom. The van der Waals surface area contributed by atoms with Crippen LogP contribution >= 0.6 is 0 Å². The van der Waals surface area contributed by atoms with Crippen LogP contribution in [0, 0.1) is 17.3 Å². The lowest BCUT2D eigenvalue weighted by Gasteiger charge is -2.36. The quantitative estimate of drug-likeness (QED) is 0.866. The van der Waals surface area contributed by atoms with E-state index < -0.39 is 10.0 Å². The van der Waals surface area contributed by atoms with E-state index in [9.17, 15) is 13.5 Å². The van der Waals surface area contributed by atoms with Crippen molar-refractivity contribution in [3.8, 4) is 0 Å². The highest BCUT2D eigenvalue weighted by atomic mass is 32.2. The van der Waals surface area contributed by atoms with Crippen LogP contribution in [0.4, 0.5) is 0 Å². The lowest BCUT2D eigenvalue weighted by Crippen LogP contribution is -2.41. The molecule has 118 valence electrons. The molecule has 20 heavy (non-hydrogen) atoms. The molecule has 5 heteroatoms. The van der Waals surface area contributed by atoms with Gasteiger partial charge in [0, 0.05) is 13.1 Å². The minimum atomic E-state index is -3.08. The molecule has 1 aliphatic carbocycles. The first-order chi connectivity index (χ1) is 9.20. The molecule has 1 heterocycles. The zero-order valence-electron chi connectivity index (χ0n) is 13.0. The van der Waals surface area contributed by atoms with Gasteiger partial charge in [-0.05, 0) is 49.4 Å². The van der Waals surface area contributed by atoms with Gasteiger partial charge in [-0.1, -0.05) is 20.3 Å². The van der Waals surface area contributed by atoms with E-state index in [1.165, 1.54) is 19.1 Å².